The van der Waals surface area contributed by atoms with Gasteiger partial charge in [0.05, 0.1) is 12.3 Å². The second kappa shape index (κ2) is 6.91. The molecule has 3 rings (SSSR count). The van der Waals surface area contributed by atoms with E-state index in [2.05, 4.69) is 5.32 Å². The molecule has 2 heterocycles. The van der Waals surface area contributed by atoms with Gasteiger partial charge >= 0.3 is 0 Å². The highest BCUT2D eigenvalue weighted by molar-refractivity contribution is 7.10. The van der Waals surface area contributed by atoms with Gasteiger partial charge in [0.25, 0.3) is 0 Å². The molecule has 0 saturated heterocycles. The summed E-state index contributed by atoms with van der Waals surface area (Å²) in [7, 11) is 0. The summed E-state index contributed by atoms with van der Waals surface area (Å²) >= 11 is 1.63. The van der Waals surface area contributed by atoms with Crippen molar-refractivity contribution in [1.82, 2.24) is 5.32 Å². The van der Waals surface area contributed by atoms with Gasteiger partial charge in [-0.15, -0.1) is 11.3 Å². The predicted molar refractivity (Wildman–Crippen MR) is 88.5 cm³/mol. The van der Waals surface area contributed by atoms with Crippen LogP contribution in [0.1, 0.15) is 22.2 Å². The van der Waals surface area contributed by atoms with Crippen LogP contribution in [0.5, 0.6) is 0 Å². The predicted octanol–water partition coefficient (Wildman–Crippen LogP) is 4.26. The van der Waals surface area contributed by atoms with Crippen LogP contribution in [0.2, 0.25) is 0 Å². The van der Waals surface area contributed by atoms with Gasteiger partial charge in [0.15, 0.2) is 0 Å². The molecule has 3 nitrogen and oxygen atoms in total. The number of carbonyl (C=O) groups excluding carboxylic acids is 1. The molecule has 0 unspecified atom stereocenters. The van der Waals surface area contributed by atoms with Crippen molar-refractivity contribution in [2.24, 2.45) is 0 Å². The minimum absolute atomic E-state index is 0.144. The lowest BCUT2D eigenvalue weighted by Gasteiger charge is -2.17. The van der Waals surface area contributed by atoms with Gasteiger partial charge in [-0.05, 0) is 35.2 Å². The average molecular weight is 309 g/mol. The van der Waals surface area contributed by atoms with Gasteiger partial charge in [0.2, 0.25) is 5.91 Å². The Bertz CT molecular complexity index is 731. The lowest BCUT2D eigenvalue weighted by molar-refractivity contribution is -0.116. The molecule has 0 aliphatic carbocycles. The maximum Gasteiger partial charge on any atom is 0.244 e. The normalized spacial score (nSPS) is 12.4. The number of hydrogen-bond donors (Lipinski definition) is 1. The van der Waals surface area contributed by atoms with Gasteiger partial charge in [-0.2, -0.15) is 0 Å². The van der Waals surface area contributed by atoms with E-state index < -0.39 is 0 Å². The maximum atomic E-state index is 12.2. The number of amides is 1. The molecule has 4 heteroatoms. The van der Waals surface area contributed by atoms with Crippen molar-refractivity contribution in [1.29, 1.82) is 0 Å². The van der Waals surface area contributed by atoms with Gasteiger partial charge in [-0.3, -0.25) is 4.79 Å². The van der Waals surface area contributed by atoms with Crippen LogP contribution in [0, 0.1) is 0 Å². The Morgan fingerprint density at radius 3 is 2.64 bits per heavy atom. The largest absolute Gasteiger partial charge is 0.465 e. The zero-order chi connectivity index (χ0) is 15.2. The molecule has 0 fully saturated rings. The van der Waals surface area contributed by atoms with Gasteiger partial charge in [-0.1, -0.05) is 36.4 Å². The summed E-state index contributed by atoms with van der Waals surface area (Å²) in [6, 6.07) is 17.4. The van der Waals surface area contributed by atoms with E-state index in [4.69, 9.17) is 4.42 Å². The first-order valence-corrected chi connectivity index (χ1v) is 7.81. The van der Waals surface area contributed by atoms with E-state index in [1.54, 1.807) is 35.8 Å². The molecular weight excluding hydrogens is 294 g/mol. The molecule has 0 radical (unpaired) electrons. The van der Waals surface area contributed by atoms with Crippen molar-refractivity contribution in [3.05, 3.63) is 88.5 Å². The molecule has 110 valence electrons. The Hall–Kier alpha value is -2.59. The van der Waals surface area contributed by atoms with Crippen LogP contribution >= 0.6 is 11.3 Å². The number of nitrogens with one attached hydrogen (secondary N) is 1. The fourth-order valence-corrected chi connectivity index (χ4v) is 2.96. The first kappa shape index (κ1) is 14.4. The number of rotatable bonds is 5. The molecule has 0 spiro atoms. The third-order valence-electron chi connectivity index (χ3n) is 3.19. The molecule has 1 aromatic carbocycles. The van der Waals surface area contributed by atoms with E-state index in [1.165, 1.54) is 6.08 Å². The number of thiophene rings is 1. The fraction of sp³-hybridized carbons (Fsp3) is 0.0556. The van der Waals surface area contributed by atoms with E-state index in [0.29, 0.717) is 5.76 Å². The minimum atomic E-state index is -0.154. The van der Waals surface area contributed by atoms with Crippen molar-refractivity contribution in [2.45, 2.75) is 6.04 Å². The van der Waals surface area contributed by atoms with Crippen molar-refractivity contribution < 1.29 is 9.21 Å². The monoisotopic (exact) mass is 309 g/mol. The van der Waals surface area contributed by atoms with Crippen molar-refractivity contribution in [3.8, 4) is 0 Å². The van der Waals surface area contributed by atoms with E-state index in [1.807, 2.05) is 47.8 Å². The van der Waals surface area contributed by atoms with Crippen LogP contribution in [0.25, 0.3) is 6.08 Å². The molecule has 1 N–H and O–H groups in total. The van der Waals surface area contributed by atoms with Crippen molar-refractivity contribution in [3.63, 3.8) is 0 Å². The smallest absolute Gasteiger partial charge is 0.244 e. The lowest BCUT2D eigenvalue weighted by Crippen LogP contribution is -2.27. The van der Waals surface area contributed by atoms with Crippen LogP contribution in [0.4, 0.5) is 0 Å². The van der Waals surface area contributed by atoms with Gasteiger partial charge < -0.3 is 9.73 Å². The second-order valence-corrected chi connectivity index (χ2v) is 5.70. The Morgan fingerprint density at radius 1 is 1.09 bits per heavy atom. The molecule has 0 aliphatic heterocycles. The average Bonchev–Trinajstić information content (AvgIpc) is 3.25. The van der Waals surface area contributed by atoms with E-state index >= 15 is 0 Å². The topological polar surface area (TPSA) is 42.2 Å². The number of benzene rings is 1. The highest BCUT2D eigenvalue weighted by Crippen LogP contribution is 2.25. The SMILES string of the molecule is O=C(/C=C/c1ccco1)N[C@H](c1ccccc1)c1cccs1. The molecule has 0 bridgehead atoms. The third kappa shape index (κ3) is 3.54. The van der Waals surface area contributed by atoms with Crippen LogP contribution in [-0.4, -0.2) is 5.91 Å². The van der Waals surface area contributed by atoms with Crippen molar-refractivity contribution in [2.75, 3.05) is 0 Å². The maximum absolute atomic E-state index is 12.2. The summed E-state index contributed by atoms with van der Waals surface area (Å²) in [6.45, 7) is 0. The third-order valence-corrected chi connectivity index (χ3v) is 4.13. The van der Waals surface area contributed by atoms with Crippen LogP contribution in [0.15, 0.2) is 76.7 Å². The lowest BCUT2D eigenvalue weighted by atomic mass is 10.1. The highest BCUT2D eigenvalue weighted by Gasteiger charge is 2.16. The zero-order valence-electron chi connectivity index (χ0n) is 11.8. The summed E-state index contributed by atoms with van der Waals surface area (Å²) in [5.74, 6) is 0.501. The van der Waals surface area contributed by atoms with Gasteiger partial charge in [0, 0.05) is 11.0 Å². The van der Waals surface area contributed by atoms with E-state index in [9.17, 15) is 4.79 Å². The molecular formula is C18H15NO2S. The number of carbonyl (C=O) groups is 1. The standard InChI is InChI=1S/C18H15NO2S/c20-17(11-10-15-8-4-12-21-15)19-18(16-9-5-13-22-16)14-6-2-1-3-7-14/h1-13,18H,(H,19,20)/b11-10+/t18-/m1/s1. The first-order valence-electron chi connectivity index (χ1n) is 6.93. The summed E-state index contributed by atoms with van der Waals surface area (Å²) < 4.78 is 5.18. The molecule has 2 aromatic heterocycles. The van der Waals surface area contributed by atoms with E-state index in [-0.39, 0.29) is 11.9 Å². The molecule has 3 aromatic rings. The molecule has 1 atom stereocenters. The second-order valence-electron chi connectivity index (χ2n) is 4.72. The Morgan fingerprint density at radius 2 is 1.95 bits per heavy atom. The van der Waals surface area contributed by atoms with Gasteiger partial charge in [0.1, 0.15) is 5.76 Å². The summed E-state index contributed by atoms with van der Waals surface area (Å²) in [6.07, 6.45) is 4.73. The Balaban J connectivity index is 1.77. The number of furan rings is 1. The Kier molecular flexibility index (Phi) is 4.51. The van der Waals surface area contributed by atoms with Crippen molar-refractivity contribution >= 4 is 23.3 Å². The van der Waals surface area contributed by atoms with Crippen LogP contribution in [-0.2, 0) is 4.79 Å². The fourth-order valence-electron chi connectivity index (χ4n) is 2.15. The quantitative estimate of drug-likeness (QED) is 0.716. The molecule has 0 aliphatic rings. The summed E-state index contributed by atoms with van der Waals surface area (Å²) in [5, 5.41) is 5.05. The summed E-state index contributed by atoms with van der Waals surface area (Å²) in [4.78, 5) is 13.3. The van der Waals surface area contributed by atoms with E-state index in [0.717, 1.165) is 10.4 Å². The van der Waals surface area contributed by atoms with Gasteiger partial charge in [-0.25, -0.2) is 0 Å². The molecule has 1 amide bonds. The van der Waals surface area contributed by atoms with Crippen LogP contribution < -0.4 is 5.32 Å². The molecule has 0 saturated carbocycles. The first-order chi connectivity index (χ1) is 10.8. The highest BCUT2D eigenvalue weighted by atomic mass is 32.1. The minimum Gasteiger partial charge on any atom is -0.465 e. The molecule has 22 heavy (non-hydrogen) atoms. The van der Waals surface area contributed by atoms with Crippen LogP contribution in [0.3, 0.4) is 0 Å². The number of hydrogen-bond acceptors (Lipinski definition) is 3. The Labute approximate surface area is 132 Å². The zero-order valence-corrected chi connectivity index (χ0v) is 12.6. The summed E-state index contributed by atoms with van der Waals surface area (Å²) in [5.41, 5.74) is 1.06.